The van der Waals surface area contributed by atoms with E-state index in [4.69, 9.17) is 0 Å². The lowest BCUT2D eigenvalue weighted by molar-refractivity contribution is 0.359. The Morgan fingerprint density at radius 1 is 1.14 bits per heavy atom. The average molecular weight is 322 g/mol. The van der Waals surface area contributed by atoms with E-state index in [9.17, 15) is 0 Å². The van der Waals surface area contributed by atoms with Crippen LogP contribution in [0, 0.1) is 5.41 Å². The molecule has 124 valence electrons. The van der Waals surface area contributed by atoms with E-state index >= 15 is 0 Å². The van der Waals surface area contributed by atoms with E-state index < -0.39 is 0 Å². The van der Waals surface area contributed by atoms with E-state index in [-0.39, 0.29) is 5.41 Å². The summed E-state index contributed by atoms with van der Waals surface area (Å²) >= 11 is 1.91. The van der Waals surface area contributed by atoms with Crippen LogP contribution in [0.5, 0.6) is 0 Å². The van der Waals surface area contributed by atoms with Gasteiger partial charge in [-0.15, -0.1) is 0 Å². The number of unbranched alkanes of at least 4 members (excludes halogenated alkanes) is 1. The minimum Gasteiger partial charge on any atom is -0.356 e. The Morgan fingerprint density at radius 3 is 2.50 bits per heavy atom. The second-order valence-corrected chi connectivity index (χ2v) is 7.36. The van der Waals surface area contributed by atoms with Gasteiger partial charge in [-0.05, 0) is 42.2 Å². The van der Waals surface area contributed by atoms with Crippen LogP contribution in [0.1, 0.15) is 32.3 Å². The molecular weight excluding hydrogens is 290 g/mol. The number of thioether (sulfide) groups is 1. The van der Waals surface area contributed by atoms with Crippen molar-refractivity contribution in [1.82, 2.24) is 10.6 Å². The van der Waals surface area contributed by atoms with E-state index in [1.54, 1.807) is 0 Å². The van der Waals surface area contributed by atoms with Crippen molar-refractivity contribution in [3.63, 3.8) is 0 Å². The highest BCUT2D eigenvalue weighted by molar-refractivity contribution is 7.98. The minimum atomic E-state index is 0.192. The molecule has 0 atom stereocenters. The molecule has 0 bridgehead atoms. The number of guanidine groups is 1. The maximum atomic E-state index is 4.31. The maximum Gasteiger partial charge on any atom is 0.190 e. The van der Waals surface area contributed by atoms with Gasteiger partial charge < -0.3 is 10.6 Å². The molecule has 4 heteroatoms. The zero-order valence-corrected chi connectivity index (χ0v) is 15.3. The molecule has 1 rings (SSSR count). The van der Waals surface area contributed by atoms with Crippen LogP contribution in [-0.4, -0.2) is 38.1 Å². The van der Waals surface area contributed by atoms with Crippen LogP contribution in [0.25, 0.3) is 0 Å². The molecule has 0 fully saturated rings. The van der Waals surface area contributed by atoms with Gasteiger partial charge in [0.2, 0.25) is 0 Å². The fraction of sp³-hybridized carbons (Fsp3) is 0.611. The van der Waals surface area contributed by atoms with Crippen LogP contribution < -0.4 is 10.6 Å². The predicted octanol–water partition coefficient (Wildman–Crippen LogP) is 3.56. The minimum absolute atomic E-state index is 0.192. The highest BCUT2D eigenvalue weighted by atomic mass is 32.2. The molecule has 0 radical (unpaired) electrons. The van der Waals surface area contributed by atoms with E-state index in [1.165, 1.54) is 24.2 Å². The van der Waals surface area contributed by atoms with Crippen molar-refractivity contribution in [2.24, 2.45) is 10.4 Å². The summed E-state index contributed by atoms with van der Waals surface area (Å²) in [5.41, 5.74) is 1.58. The monoisotopic (exact) mass is 321 g/mol. The number of hydrogen-bond acceptors (Lipinski definition) is 2. The number of nitrogens with one attached hydrogen (secondary N) is 2. The van der Waals surface area contributed by atoms with Gasteiger partial charge in [0.1, 0.15) is 0 Å². The Balaban J connectivity index is 2.32. The average Bonchev–Trinajstić information content (AvgIpc) is 2.50. The van der Waals surface area contributed by atoms with Gasteiger partial charge in [-0.2, -0.15) is 11.8 Å². The highest BCUT2D eigenvalue weighted by Crippen LogP contribution is 2.20. The van der Waals surface area contributed by atoms with E-state index in [2.05, 4.69) is 66.1 Å². The first-order valence-electron chi connectivity index (χ1n) is 8.05. The molecule has 0 unspecified atom stereocenters. The summed E-state index contributed by atoms with van der Waals surface area (Å²) in [6.45, 7) is 6.48. The van der Waals surface area contributed by atoms with Crippen molar-refractivity contribution in [3.05, 3.63) is 35.9 Å². The smallest absolute Gasteiger partial charge is 0.190 e. The Hall–Kier alpha value is -1.16. The van der Waals surface area contributed by atoms with E-state index in [0.717, 1.165) is 25.5 Å². The molecule has 0 heterocycles. The molecule has 0 saturated carbocycles. The van der Waals surface area contributed by atoms with Crippen LogP contribution in [0.4, 0.5) is 0 Å². The molecule has 1 aromatic rings. The molecule has 0 aliphatic rings. The third kappa shape index (κ3) is 8.32. The number of nitrogens with zero attached hydrogens (tertiary/aromatic N) is 1. The largest absolute Gasteiger partial charge is 0.356 e. The van der Waals surface area contributed by atoms with Crippen LogP contribution >= 0.6 is 11.8 Å². The van der Waals surface area contributed by atoms with Crippen molar-refractivity contribution in [3.8, 4) is 0 Å². The van der Waals surface area contributed by atoms with Gasteiger partial charge in [0.05, 0.1) is 0 Å². The summed E-state index contributed by atoms with van der Waals surface area (Å²) < 4.78 is 0. The Morgan fingerprint density at radius 2 is 1.86 bits per heavy atom. The summed E-state index contributed by atoms with van der Waals surface area (Å²) in [5.74, 6) is 2.14. The van der Waals surface area contributed by atoms with Gasteiger partial charge in [-0.3, -0.25) is 4.99 Å². The zero-order chi connectivity index (χ0) is 16.3. The second-order valence-electron chi connectivity index (χ2n) is 6.38. The van der Waals surface area contributed by atoms with Crippen LogP contribution in [-0.2, 0) is 6.42 Å². The van der Waals surface area contributed by atoms with Gasteiger partial charge in [-0.1, -0.05) is 44.2 Å². The van der Waals surface area contributed by atoms with Gasteiger partial charge in [0.25, 0.3) is 0 Å². The lowest BCUT2D eigenvalue weighted by Crippen LogP contribution is -2.42. The van der Waals surface area contributed by atoms with Crippen LogP contribution in [0.15, 0.2) is 35.3 Å². The molecule has 0 aromatic heterocycles. The second kappa shape index (κ2) is 10.5. The van der Waals surface area contributed by atoms with Crippen molar-refractivity contribution in [2.75, 3.05) is 32.1 Å². The topological polar surface area (TPSA) is 36.4 Å². The van der Waals surface area contributed by atoms with Gasteiger partial charge in [-0.25, -0.2) is 0 Å². The molecule has 0 aliphatic heterocycles. The zero-order valence-electron chi connectivity index (χ0n) is 14.5. The molecule has 22 heavy (non-hydrogen) atoms. The lowest BCUT2D eigenvalue weighted by atomic mass is 9.86. The quantitative estimate of drug-likeness (QED) is 0.415. The molecule has 1 aromatic carbocycles. The van der Waals surface area contributed by atoms with Crippen LogP contribution in [0.3, 0.4) is 0 Å². The summed E-state index contributed by atoms with van der Waals surface area (Å²) in [6.07, 6.45) is 5.66. The molecule has 3 nitrogen and oxygen atoms in total. The van der Waals surface area contributed by atoms with Crippen molar-refractivity contribution >= 4 is 17.7 Å². The van der Waals surface area contributed by atoms with Crippen LogP contribution in [0.2, 0.25) is 0 Å². The number of rotatable bonds is 9. The fourth-order valence-corrected chi connectivity index (χ4v) is 2.83. The fourth-order valence-electron chi connectivity index (χ4n) is 2.33. The number of benzene rings is 1. The lowest BCUT2D eigenvalue weighted by Gasteiger charge is -2.26. The predicted molar refractivity (Wildman–Crippen MR) is 101 cm³/mol. The third-order valence-electron chi connectivity index (χ3n) is 3.55. The first-order valence-corrected chi connectivity index (χ1v) is 9.44. The number of aliphatic imine (C=N–C) groups is 1. The van der Waals surface area contributed by atoms with E-state index in [1.807, 2.05) is 18.8 Å². The Labute approximate surface area is 140 Å². The molecule has 2 N–H and O–H groups in total. The summed E-state index contributed by atoms with van der Waals surface area (Å²) in [7, 11) is 1.83. The number of hydrogen-bond donors (Lipinski definition) is 2. The first kappa shape index (κ1) is 18.9. The molecule has 0 amide bonds. The van der Waals surface area contributed by atoms with Gasteiger partial charge >= 0.3 is 0 Å². The first-order chi connectivity index (χ1) is 10.6. The van der Waals surface area contributed by atoms with Gasteiger partial charge in [0, 0.05) is 20.1 Å². The standard InChI is InChI=1S/C18H31N3S/c1-18(2,14-16-10-6-5-7-11-16)15-21-17(19-3)20-12-8-9-13-22-4/h5-7,10-11H,8-9,12-15H2,1-4H3,(H2,19,20,21). The highest BCUT2D eigenvalue weighted by Gasteiger charge is 2.18. The van der Waals surface area contributed by atoms with Gasteiger partial charge in [0.15, 0.2) is 5.96 Å². The van der Waals surface area contributed by atoms with Crippen molar-refractivity contribution < 1.29 is 0 Å². The SMILES string of the molecule is CN=C(NCCCCSC)NCC(C)(C)Cc1ccccc1. The van der Waals surface area contributed by atoms with E-state index in [0.29, 0.717) is 0 Å². The maximum absolute atomic E-state index is 4.31. The summed E-state index contributed by atoms with van der Waals surface area (Å²) in [5, 5.41) is 6.85. The van der Waals surface area contributed by atoms with Crippen molar-refractivity contribution in [2.45, 2.75) is 33.1 Å². The molecular formula is C18H31N3S. The Kier molecular flexibility index (Phi) is 9.05. The van der Waals surface area contributed by atoms with Crippen molar-refractivity contribution in [1.29, 1.82) is 0 Å². The molecule has 0 aliphatic carbocycles. The Bertz CT molecular complexity index is 429. The molecule has 0 spiro atoms. The third-order valence-corrected chi connectivity index (χ3v) is 4.25. The summed E-state index contributed by atoms with van der Waals surface area (Å²) in [6, 6.07) is 10.7. The molecule has 0 saturated heterocycles. The normalized spacial score (nSPS) is 12.3. The summed E-state index contributed by atoms with van der Waals surface area (Å²) in [4.78, 5) is 4.31.